The van der Waals surface area contributed by atoms with Crippen LogP contribution in [-0.2, 0) is 0 Å². The van der Waals surface area contributed by atoms with Gasteiger partial charge in [-0.05, 0) is 48.7 Å². The summed E-state index contributed by atoms with van der Waals surface area (Å²) in [6.45, 7) is 3.70. The van der Waals surface area contributed by atoms with E-state index in [9.17, 15) is 9.50 Å². The number of hydrogen-bond donors (Lipinski definition) is 2. The quantitative estimate of drug-likeness (QED) is 0.841. The van der Waals surface area contributed by atoms with Crippen molar-refractivity contribution in [2.45, 2.75) is 32.4 Å². The summed E-state index contributed by atoms with van der Waals surface area (Å²) in [5, 5.41) is 9.86. The van der Waals surface area contributed by atoms with E-state index in [1.54, 1.807) is 6.07 Å². The Labute approximate surface area is 123 Å². The zero-order valence-electron chi connectivity index (χ0n) is 12.1. The zero-order chi connectivity index (χ0) is 15.1. The summed E-state index contributed by atoms with van der Waals surface area (Å²) in [6, 6.07) is 8.06. The predicted molar refractivity (Wildman–Crippen MR) is 78.9 cm³/mol. The fourth-order valence-corrected chi connectivity index (χ4v) is 2.85. The Balaban J connectivity index is 1.99. The van der Waals surface area contributed by atoms with Gasteiger partial charge in [-0.2, -0.15) is 0 Å². The van der Waals surface area contributed by atoms with Gasteiger partial charge in [0.25, 0.3) is 0 Å². The molecule has 0 bridgehead atoms. The molecule has 0 fully saturated rings. The van der Waals surface area contributed by atoms with Crippen LogP contribution < -0.4 is 10.5 Å². The maximum atomic E-state index is 13.4. The van der Waals surface area contributed by atoms with Crippen LogP contribution in [0.15, 0.2) is 30.3 Å². The van der Waals surface area contributed by atoms with E-state index in [4.69, 9.17) is 10.5 Å². The molecule has 0 spiro atoms. The summed E-state index contributed by atoms with van der Waals surface area (Å²) in [6.07, 6.45) is 0.398. The number of benzene rings is 2. The third-order valence-electron chi connectivity index (χ3n) is 4.00. The number of aryl methyl sites for hydroxylation is 2. The maximum absolute atomic E-state index is 13.4. The molecule has 110 valence electrons. The Morgan fingerprint density at radius 1 is 1.19 bits per heavy atom. The Morgan fingerprint density at radius 3 is 2.52 bits per heavy atom. The predicted octanol–water partition coefficient (Wildman–Crippen LogP) is 3.67. The molecule has 3 rings (SSSR count). The van der Waals surface area contributed by atoms with Crippen LogP contribution in [0.3, 0.4) is 0 Å². The van der Waals surface area contributed by atoms with Crippen molar-refractivity contribution in [2.24, 2.45) is 5.73 Å². The summed E-state index contributed by atoms with van der Waals surface area (Å²) in [5.74, 6) is 0.465. The fraction of sp³-hybridized carbons (Fsp3) is 0.294. The minimum Gasteiger partial charge on any atom is -0.507 e. The van der Waals surface area contributed by atoms with E-state index in [-0.39, 0.29) is 18.0 Å². The molecule has 21 heavy (non-hydrogen) atoms. The molecule has 0 saturated carbocycles. The molecule has 4 heteroatoms. The summed E-state index contributed by atoms with van der Waals surface area (Å²) >= 11 is 0. The molecule has 0 saturated heterocycles. The highest BCUT2D eigenvalue weighted by molar-refractivity contribution is 5.45. The minimum atomic E-state index is -0.334. The van der Waals surface area contributed by atoms with Crippen LogP contribution in [0.25, 0.3) is 0 Å². The average molecular weight is 287 g/mol. The number of phenolic OH excluding ortho intramolecular Hbond substituents is 1. The Kier molecular flexibility index (Phi) is 3.33. The van der Waals surface area contributed by atoms with Crippen LogP contribution in [-0.4, -0.2) is 5.11 Å². The van der Waals surface area contributed by atoms with Gasteiger partial charge in [-0.1, -0.05) is 6.07 Å². The topological polar surface area (TPSA) is 55.5 Å². The average Bonchev–Trinajstić information content (AvgIpc) is 2.43. The van der Waals surface area contributed by atoms with Crippen molar-refractivity contribution in [1.82, 2.24) is 0 Å². The number of ether oxygens (including phenoxy) is 1. The lowest BCUT2D eigenvalue weighted by Crippen LogP contribution is -2.24. The standard InChI is InChI=1S/C17H18FNO2/c1-9-5-11(6-10(2)17(9)20)15-8-14(19)13-4-3-12(18)7-16(13)21-15/h3-7,14-15,20H,8,19H2,1-2H3. The maximum Gasteiger partial charge on any atom is 0.127 e. The van der Waals surface area contributed by atoms with Crippen LogP contribution in [0.4, 0.5) is 4.39 Å². The van der Waals surface area contributed by atoms with Gasteiger partial charge in [0.2, 0.25) is 0 Å². The second-order valence-corrected chi connectivity index (χ2v) is 5.63. The van der Waals surface area contributed by atoms with E-state index in [2.05, 4.69) is 0 Å². The fourth-order valence-electron chi connectivity index (χ4n) is 2.85. The second-order valence-electron chi connectivity index (χ2n) is 5.63. The largest absolute Gasteiger partial charge is 0.507 e. The van der Waals surface area contributed by atoms with Crippen LogP contribution in [0.5, 0.6) is 11.5 Å². The highest BCUT2D eigenvalue weighted by atomic mass is 19.1. The van der Waals surface area contributed by atoms with E-state index in [0.29, 0.717) is 17.9 Å². The van der Waals surface area contributed by atoms with Crippen molar-refractivity contribution >= 4 is 0 Å². The molecule has 2 aromatic carbocycles. The van der Waals surface area contributed by atoms with Crippen LogP contribution in [0.1, 0.15) is 40.8 Å². The highest BCUT2D eigenvalue weighted by Crippen LogP contribution is 2.41. The van der Waals surface area contributed by atoms with Gasteiger partial charge in [0, 0.05) is 24.1 Å². The molecule has 2 unspecified atom stereocenters. The molecule has 0 radical (unpaired) electrons. The smallest absolute Gasteiger partial charge is 0.127 e. The van der Waals surface area contributed by atoms with E-state index >= 15 is 0 Å². The van der Waals surface area contributed by atoms with Crippen LogP contribution >= 0.6 is 0 Å². The molecule has 1 aliphatic heterocycles. The number of rotatable bonds is 1. The summed E-state index contributed by atoms with van der Waals surface area (Å²) in [7, 11) is 0. The summed E-state index contributed by atoms with van der Waals surface area (Å²) in [4.78, 5) is 0. The van der Waals surface area contributed by atoms with Gasteiger partial charge in [-0.15, -0.1) is 0 Å². The van der Waals surface area contributed by atoms with Gasteiger partial charge in [-0.3, -0.25) is 0 Å². The SMILES string of the molecule is Cc1cc(C2CC(N)c3ccc(F)cc3O2)cc(C)c1O. The minimum absolute atomic E-state index is 0.186. The van der Waals surface area contributed by atoms with Gasteiger partial charge in [0.15, 0.2) is 0 Å². The first-order chi connectivity index (χ1) is 9.95. The molecule has 0 aliphatic carbocycles. The van der Waals surface area contributed by atoms with Gasteiger partial charge in [0.1, 0.15) is 23.4 Å². The van der Waals surface area contributed by atoms with E-state index in [1.165, 1.54) is 12.1 Å². The number of hydrogen-bond acceptors (Lipinski definition) is 3. The monoisotopic (exact) mass is 287 g/mol. The summed E-state index contributed by atoms with van der Waals surface area (Å²) in [5.41, 5.74) is 9.56. The molecule has 2 atom stereocenters. The van der Waals surface area contributed by atoms with Crippen molar-refractivity contribution < 1.29 is 14.2 Å². The molecule has 1 heterocycles. The first kappa shape index (κ1) is 13.9. The number of fused-ring (bicyclic) bond motifs is 1. The molecular weight excluding hydrogens is 269 g/mol. The molecule has 0 amide bonds. The lowest BCUT2D eigenvalue weighted by Gasteiger charge is -2.31. The van der Waals surface area contributed by atoms with Gasteiger partial charge >= 0.3 is 0 Å². The Morgan fingerprint density at radius 2 is 1.86 bits per heavy atom. The molecule has 2 aromatic rings. The summed E-state index contributed by atoms with van der Waals surface area (Å²) < 4.78 is 19.3. The van der Waals surface area contributed by atoms with Crippen molar-refractivity contribution in [3.8, 4) is 11.5 Å². The number of aromatic hydroxyl groups is 1. The Hall–Kier alpha value is -2.07. The van der Waals surface area contributed by atoms with Gasteiger partial charge < -0.3 is 15.6 Å². The number of phenols is 1. The van der Waals surface area contributed by atoms with E-state index < -0.39 is 0 Å². The Bertz CT molecular complexity index is 676. The molecule has 3 nitrogen and oxygen atoms in total. The van der Waals surface area contributed by atoms with Gasteiger partial charge in [-0.25, -0.2) is 4.39 Å². The highest BCUT2D eigenvalue weighted by Gasteiger charge is 2.28. The van der Waals surface area contributed by atoms with Crippen molar-refractivity contribution in [3.05, 3.63) is 58.4 Å². The number of halogens is 1. The third-order valence-corrected chi connectivity index (χ3v) is 4.00. The lowest BCUT2D eigenvalue weighted by atomic mass is 9.92. The van der Waals surface area contributed by atoms with E-state index in [1.807, 2.05) is 26.0 Å². The second kappa shape index (κ2) is 5.04. The third kappa shape index (κ3) is 2.47. The van der Waals surface area contributed by atoms with Crippen molar-refractivity contribution in [2.75, 3.05) is 0 Å². The zero-order valence-corrected chi connectivity index (χ0v) is 12.1. The molecule has 3 N–H and O–H groups in total. The first-order valence-corrected chi connectivity index (χ1v) is 6.97. The van der Waals surface area contributed by atoms with Crippen molar-refractivity contribution in [3.63, 3.8) is 0 Å². The normalized spacial score (nSPS) is 20.8. The number of nitrogens with two attached hydrogens (primary N) is 1. The van der Waals surface area contributed by atoms with Gasteiger partial charge in [0.05, 0.1) is 0 Å². The van der Waals surface area contributed by atoms with Crippen LogP contribution in [0, 0.1) is 19.7 Å². The molecular formula is C17H18FNO2. The van der Waals surface area contributed by atoms with E-state index in [0.717, 1.165) is 22.3 Å². The van der Waals surface area contributed by atoms with Crippen molar-refractivity contribution in [1.29, 1.82) is 0 Å². The molecule has 1 aliphatic rings. The van der Waals surface area contributed by atoms with Crippen LogP contribution in [0.2, 0.25) is 0 Å². The molecule has 0 aromatic heterocycles. The lowest BCUT2D eigenvalue weighted by molar-refractivity contribution is 0.160. The first-order valence-electron chi connectivity index (χ1n) is 6.97.